The van der Waals surface area contributed by atoms with Gasteiger partial charge in [0.1, 0.15) is 11.5 Å². The Morgan fingerprint density at radius 2 is 0.902 bits per heavy atom. The van der Waals surface area contributed by atoms with E-state index in [9.17, 15) is 9.59 Å². The average molecular weight is 567 g/mol. The summed E-state index contributed by atoms with van der Waals surface area (Å²) in [5.74, 6) is 1.09. The number of benzene rings is 2. The van der Waals surface area contributed by atoms with Gasteiger partial charge < -0.3 is 20.1 Å². The van der Waals surface area contributed by atoms with Crippen LogP contribution in [-0.2, 0) is 31.2 Å². The van der Waals surface area contributed by atoms with Gasteiger partial charge in [0.15, 0.2) is 13.2 Å². The van der Waals surface area contributed by atoms with Crippen molar-refractivity contribution in [1.82, 2.24) is 10.6 Å². The van der Waals surface area contributed by atoms with Crippen LogP contribution >= 0.6 is 0 Å². The summed E-state index contributed by atoms with van der Waals surface area (Å²) in [7, 11) is 0. The van der Waals surface area contributed by atoms with Gasteiger partial charge in [0.05, 0.1) is 0 Å². The summed E-state index contributed by atoms with van der Waals surface area (Å²) >= 11 is 0. The fourth-order valence-corrected chi connectivity index (χ4v) is 4.35. The molecule has 0 aliphatic rings. The molecule has 0 spiro atoms. The van der Waals surface area contributed by atoms with E-state index in [1.165, 1.54) is 11.1 Å². The Kier molecular flexibility index (Phi) is 11.1. The van der Waals surface area contributed by atoms with E-state index in [-0.39, 0.29) is 46.7 Å². The first kappa shape index (κ1) is 34.2. The van der Waals surface area contributed by atoms with Gasteiger partial charge in [-0.2, -0.15) is 0 Å². The van der Waals surface area contributed by atoms with E-state index in [2.05, 4.69) is 118 Å². The van der Waals surface area contributed by atoms with Crippen molar-refractivity contribution >= 4 is 11.8 Å². The standard InChI is InChI=1S/C35H54N2O4/c1-32(2,3)24-14-16-28(26(20-24)34(7,8)9)40-22-30(38)36-18-13-19-37-31(39)23-41-29-17-15-25(33(4,5)6)21-27(29)35(10,11)12/h14-17,20-21H,13,18-19,22-23H2,1-12H3,(H,36,38)(H,37,39). The summed E-state index contributed by atoms with van der Waals surface area (Å²) in [5, 5.41) is 5.75. The summed E-state index contributed by atoms with van der Waals surface area (Å²) in [6.45, 7) is 26.8. The molecule has 2 rings (SSSR count). The molecule has 0 aromatic heterocycles. The molecule has 0 unspecified atom stereocenters. The molecule has 2 aromatic rings. The van der Waals surface area contributed by atoms with Crippen molar-refractivity contribution in [2.24, 2.45) is 0 Å². The fraction of sp³-hybridized carbons (Fsp3) is 0.600. The first-order chi connectivity index (χ1) is 18.7. The van der Waals surface area contributed by atoms with Gasteiger partial charge >= 0.3 is 0 Å². The molecule has 0 saturated heterocycles. The Morgan fingerprint density at radius 1 is 0.561 bits per heavy atom. The number of nitrogens with one attached hydrogen (secondary N) is 2. The molecule has 41 heavy (non-hydrogen) atoms. The number of hydrogen-bond donors (Lipinski definition) is 2. The molecule has 2 N–H and O–H groups in total. The fourth-order valence-electron chi connectivity index (χ4n) is 4.35. The van der Waals surface area contributed by atoms with E-state index in [0.717, 1.165) is 22.6 Å². The predicted molar refractivity (Wildman–Crippen MR) is 169 cm³/mol. The predicted octanol–water partition coefficient (Wildman–Crippen LogP) is 6.96. The Labute approximate surface area is 249 Å². The Balaban J connectivity index is 1.79. The van der Waals surface area contributed by atoms with Gasteiger partial charge in [0.2, 0.25) is 0 Å². The molecule has 0 saturated carbocycles. The smallest absolute Gasteiger partial charge is 0.257 e. The van der Waals surface area contributed by atoms with Crippen LogP contribution in [0.2, 0.25) is 0 Å². The Bertz CT molecular complexity index is 1100. The van der Waals surface area contributed by atoms with Gasteiger partial charge in [-0.25, -0.2) is 0 Å². The summed E-state index contributed by atoms with van der Waals surface area (Å²) in [5.41, 5.74) is 4.48. The lowest BCUT2D eigenvalue weighted by Crippen LogP contribution is -2.34. The normalized spacial score (nSPS) is 12.6. The van der Waals surface area contributed by atoms with E-state index in [1.54, 1.807) is 0 Å². The highest BCUT2D eigenvalue weighted by Crippen LogP contribution is 2.36. The molecule has 0 aliphatic heterocycles. The van der Waals surface area contributed by atoms with Crippen LogP contribution in [0.3, 0.4) is 0 Å². The highest BCUT2D eigenvalue weighted by molar-refractivity contribution is 5.78. The lowest BCUT2D eigenvalue weighted by molar-refractivity contribution is -0.123. The van der Waals surface area contributed by atoms with Crippen LogP contribution in [0.25, 0.3) is 0 Å². The minimum Gasteiger partial charge on any atom is -0.483 e. The summed E-state index contributed by atoms with van der Waals surface area (Å²) in [4.78, 5) is 24.8. The van der Waals surface area contributed by atoms with Crippen molar-refractivity contribution in [3.8, 4) is 11.5 Å². The third-order valence-electron chi connectivity index (χ3n) is 7.02. The van der Waals surface area contributed by atoms with Gasteiger partial charge in [-0.05, 0) is 62.5 Å². The van der Waals surface area contributed by atoms with Crippen LogP contribution < -0.4 is 20.1 Å². The molecule has 0 atom stereocenters. The van der Waals surface area contributed by atoms with Gasteiger partial charge in [-0.1, -0.05) is 107 Å². The summed E-state index contributed by atoms with van der Waals surface area (Å²) in [6.07, 6.45) is 0.610. The molecule has 0 aliphatic carbocycles. The monoisotopic (exact) mass is 566 g/mol. The number of rotatable bonds is 10. The molecule has 6 heteroatoms. The minimum absolute atomic E-state index is 0.0323. The first-order valence-corrected chi connectivity index (χ1v) is 14.8. The van der Waals surface area contributed by atoms with Crippen molar-refractivity contribution in [3.63, 3.8) is 0 Å². The summed E-state index contributed by atoms with van der Waals surface area (Å²) in [6, 6.07) is 12.4. The molecule has 0 radical (unpaired) electrons. The Hall–Kier alpha value is -3.02. The van der Waals surface area contributed by atoms with Crippen molar-refractivity contribution in [2.75, 3.05) is 26.3 Å². The molecule has 0 fully saturated rings. The van der Waals surface area contributed by atoms with Gasteiger partial charge in [-0.3, -0.25) is 9.59 Å². The minimum atomic E-state index is -0.187. The van der Waals surface area contributed by atoms with E-state index in [1.807, 2.05) is 12.1 Å². The number of hydrogen-bond acceptors (Lipinski definition) is 4. The molecule has 0 bridgehead atoms. The first-order valence-electron chi connectivity index (χ1n) is 14.8. The number of carbonyl (C=O) groups excluding carboxylic acids is 2. The topological polar surface area (TPSA) is 76.7 Å². The van der Waals surface area contributed by atoms with Gasteiger partial charge in [-0.15, -0.1) is 0 Å². The maximum absolute atomic E-state index is 12.4. The van der Waals surface area contributed by atoms with Crippen LogP contribution in [-0.4, -0.2) is 38.1 Å². The van der Waals surface area contributed by atoms with Crippen molar-refractivity contribution in [1.29, 1.82) is 0 Å². The molecular weight excluding hydrogens is 512 g/mol. The Morgan fingerprint density at radius 3 is 1.20 bits per heavy atom. The second-order valence-electron chi connectivity index (χ2n) is 15.1. The molecule has 2 aromatic carbocycles. The maximum Gasteiger partial charge on any atom is 0.257 e. The van der Waals surface area contributed by atoms with Crippen LogP contribution in [0.5, 0.6) is 11.5 Å². The van der Waals surface area contributed by atoms with Crippen molar-refractivity contribution in [3.05, 3.63) is 58.7 Å². The van der Waals surface area contributed by atoms with E-state index in [0.29, 0.717) is 19.5 Å². The van der Waals surface area contributed by atoms with Crippen LogP contribution in [0.4, 0.5) is 0 Å². The van der Waals surface area contributed by atoms with Crippen molar-refractivity contribution < 1.29 is 19.1 Å². The number of carbonyl (C=O) groups is 2. The quantitative estimate of drug-likeness (QED) is 0.305. The van der Waals surface area contributed by atoms with Crippen LogP contribution in [0.15, 0.2) is 36.4 Å². The maximum atomic E-state index is 12.4. The van der Waals surface area contributed by atoms with E-state index < -0.39 is 0 Å². The highest BCUT2D eigenvalue weighted by atomic mass is 16.5. The van der Waals surface area contributed by atoms with E-state index in [4.69, 9.17) is 9.47 Å². The third-order valence-corrected chi connectivity index (χ3v) is 7.02. The molecular formula is C35H54N2O4. The largest absolute Gasteiger partial charge is 0.483 e. The zero-order valence-corrected chi connectivity index (χ0v) is 27.6. The summed E-state index contributed by atoms with van der Waals surface area (Å²) < 4.78 is 11.8. The molecule has 2 amide bonds. The zero-order chi connectivity index (χ0) is 31.2. The second-order valence-corrected chi connectivity index (χ2v) is 15.1. The van der Waals surface area contributed by atoms with Gasteiger partial charge in [0, 0.05) is 13.1 Å². The van der Waals surface area contributed by atoms with Crippen LogP contribution in [0.1, 0.15) is 112 Å². The lowest BCUT2D eigenvalue weighted by atomic mass is 9.80. The molecule has 228 valence electrons. The van der Waals surface area contributed by atoms with Gasteiger partial charge in [0.25, 0.3) is 11.8 Å². The lowest BCUT2D eigenvalue weighted by Gasteiger charge is -2.27. The number of ether oxygens (including phenoxy) is 2. The van der Waals surface area contributed by atoms with Crippen molar-refractivity contribution in [2.45, 2.75) is 111 Å². The molecule has 6 nitrogen and oxygen atoms in total. The SMILES string of the molecule is CC(C)(C)c1ccc(OCC(=O)NCCCNC(=O)COc2ccc(C(C)(C)C)cc2C(C)(C)C)c(C(C)(C)C)c1. The van der Waals surface area contributed by atoms with Crippen LogP contribution in [0, 0.1) is 0 Å². The average Bonchev–Trinajstić information content (AvgIpc) is 2.83. The zero-order valence-electron chi connectivity index (χ0n) is 27.6. The molecule has 0 heterocycles. The second kappa shape index (κ2) is 13.3. The number of amides is 2. The van der Waals surface area contributed by atoms with E-state index >= 15 is 0 Å². The highest BCUT2D eigenvalue weighted by Gasteiger charge is 2.25. The third kappa shape index (κ3) is 10.7.